The lowest BCUT2D eigenvalue weighted by Gasteiger charge is -2.27. The molecule has 0 unspecified atom stereocenters. The Bertz CT molecular complexity index is 1680. The summed E-state index contributed by atoms with van der Waals surface area (Å²) in [6.45, 7) is -0.0563. The molecule has 2 aromatic carbocycles. The molecule has 0 bridgehead atoms. The quantitative estimate of drug-likeness (QED) is 0.107. The summed E-state index contributed by atoms with van der Waals surface area (Å²) in [7, 11) is -2.38. The number of ether oxygens (including phenoxy) is 3. The van der Waals surface area contributed by atoms with Crippen LogP contribution in [0, 0.1) is 25.6 Å². The number of hydrogen-bond donors (Lipinski definition) is 1. The van der Waals surface area contributed by atoms with E-state index >= 15 is 0 Å². The van der Waals surface area contributed by atoms with Crippen LogP contribution in [0.5, 0.6) is 11.5 Å². The summed E-state index contributed by atoms with van der Waals surface area (Å²) in [4.78, 5) is 83.0. The molecule has 2 aromatic rings. The van der Waals surface area contributed by atoms with Gasteiger partial charge in [0.1, 0.15) is 28.5 Å². The lowest BCUT2D eigenvalue weighted by Crippen LogP contribution is -2.41. The summed E-state index contributed by atoms with van der Waals surface area (Å²) in [5, 5.41) is 21.1. The van der Waals surface area contributed by atoms with E-state index in [4.69, 9.17) is 14.2 Å². The van der Waals surface area contributed by atoms with Gasteiger partial charge in [0.15, 0.2) is 18.1 Å². The Kier molecular flexibility index (Phi) is 11.2. The van der Waals surface area contributed by atoms with Crippen LogP contribution >= 0.6 is 0 Å². The van der Waals surface area contributed by atoms with Crippen LogP contribution in [0.1, 0.15) is 46.2 Å². The molecule has 3 amide bonds. The van der Waals surface area contributed by atoms with Crippen molar-refractivity contribution in [1.29, 1.82) is 0 Å². The van der Waals surface area contributed by atoms with E-state index in [2.05, 4.69) is 15.0 Å². The second-order valence-electron chi connectivity index (χ2n) is 10.3. The maximum absolute atomic E-state index is 13.8. The largest absolute Gasteiger partial charge is 0.493 e. The van der Waals surface area contributed by atoms with Crippen molar-refractivity contribution in [3.05, 3.63) is 73.3 Å². The van der Waals surface area contributed by atoms with Gasteiger partial charge in [-0.3, -0.25) is 24.1 Å². The Hall–Kier alpha value is -5.53. The molecule has 0 saturated heterocycles. The molecule has 0 aliphatic carbocycles. The summed E-state index contributed by atoms with van der Waals surface area (Å²) in [5.74, 6) is -4.19. The third kappa shape index (κ3) is 8.81. The van der Waals surface area contributed by atoms with E-state index in [1.54, 1.807) is 6.92 Å². The fraction of sp³-hybridized carbons (Fsp3) is 0.407. The van der Waals surface area contributed by atoms with E-state index in [0.29, 0.717) is 5.75 Å². The second-order valence-corrected chi connectivity index (χ2v) is 12.5. The highest BCUT2D eigenvalue weighted by atomic mass is 32.2. The zero-order chi connectivity index (χ0) is 35.1. The molecule has 3 rings (SSSR count). The number of anilines is 1. The number of methoxy groups -OCH3 is 1. The lowest BCUT2D eigenvalue weighted by molar-refractivity contribution is -0.770. The molecular formula is C27H30N4O15S. The summed E-state index contributed by atoms with van der Waals surface area (Å²) >= 11 is 0. The van der Waals surface area contributed by atoms with Gasteiger partial charge in [0.25, 0.3) is 27.9 Å². The number of esters is 1. The highest BCUT2D eigenvalue weighted by Crippen LogP contribution is 2.38. The molecule has 1 aliphatic rings. The first-order valence-electron chi connectivity index (χ1n) is 13.5. The number of imide groups is 1. The predicted molar refractivity (Wildman–Crippen MR) is 157 cm³/mol. The topological polar surface area (TPSA) is 250 Å². The van der Waals surface area contributed by atoms with Gasteiger partial charge in [0, 0.05) is 6.26 Å². The lowest BCUT2D eigenvalue weighted by atomic mass is 9.93. The molecule has 0 radical (unpaired) electrons. The van der Waals surface area contributed by atoms with Crippen LogP contribution in [0.2, 0.25) is 0 Å². The van der Waals surface area contributed by atoms with E-state index < -0.39 is 80.7 Å². The van der Waals surface area contributed by atoms with Gasteiger partial charge in [0.2, 0.25) is 0 Å². The standard InChI is InChI=1S/C27H30N4O15S/c1-5-43-21-11-16(9-10-20(21)42-3)19(13-47(4,40)41)29-24(33)17-7-6-8-18(23(17)25(29)34)28-22(32)12-44-26(35)27(2,14-45-30(36)37)15-46-31(38)39/h6-11,19H,5,12-15H2,1-4H3,(H,28,32)/t19-/m1/s1. The molecule has 1 N–H and O–H groups in total. The van der Waals surface area contributed by atoms with Gasteiger partial charge in [-0.05, 0) is 43.7 Å². The Morgan fingerprint density at radius 3 is 2.21 bits per heavy atom. The number of carbonyl (C=O) groups excluding carboxylic acids is 4. The smallest absolute Gasteiger partial charge is 0.316 e. The van der Waals surface area contributed by atoms with E-state index in [9.17, 15) is 47.8 Å². The van der Waals surface area contributed by atoms with Crippen molar-refractivity contribution in [2.75, 3.05) is 50.9 Å². The number of rotatable bonds is 17. The van der Waals surface area contributed by atoms with Crippen LogP contribution in [0.15, 0.2) is 36.4 Å². The minimum absolute atomic E-state index is 0.150. The van der Waals surface area contributed by atoms with Crippen molar-refractivity contribution in [2.45, 2.75) is 19.9 Å². The maximum atomic E-state index is 13.8. The monoisotopic (exact) mass is 682 g/mol. The first-order valence-corrected chi connectivity index (χ1v) is 15.6. The average molecular weight is 683 g/mol. The summed E-state index contributed by atoms with van der Waals surface area (Å²) in [6, 6.07) is 7.06. The fourth-order valence-corrected chi connectivity index (χ4v) is 5.42. The third-order valence-electron chi connectivity index (χ3n) is 6.67. The highest BCUT2D eigenvalue weighted by Gasteiger charge is 2.44. The third-order valence-corrected chi connectivity index (χ3v) is 7.59. The molecule has 0 saturated carbocycles. The van der Waals surface area contributed by atoms with Crippen molar-refractivity contribution in [2.24, 2.45) is 5.41 Å². The molecule has 0 aromatic heterocycles. The number of carbonyl (C=O) groups is 4. The number of nitrogens with zero attached hydrogens (tertiary/aromatic N) is 3. The maximum Gasteiger partial charge on any atom is 0.316 e. The van der Waals surface area contributed by atoms with Gasteiger partial charge in [-0.25, -0.2) is 8.42 Å². The predicted octanol–water partition coefficient (Wildman–Crippen LogP) is 1.38. The molecule has 19 nitrogen and oxygen atoms in total. The van der Waals surface area contributed by atoms with Gasteiger partial charge in [-0.15, -0.1) is 20.2 Å². The number of benzene rings is 2. The van der Waals surface area contributed by atoms with E-state index in [1.807, 2.05) is 0 Å². The van der Waals surface area contributed by atoms with Crippen LogP contribution in [-0.4, -0.2) is 92.7 Å². The van der Waals surface area contributed by atoms with Gasteiger partial charge in [0.05, 0.1) is 42.3 Å². The molecule has 47 heavy (non-hydrogen) atoms. The molecule has 20 heteroatoms. The Labute approximate surface area is 266 Å². The summed E-state index contributed by atoms with van der Waals surface area (Å²) in [6.07, 6.45) is 0.941. The first-order chi connectivity index (χ1) is 22.0. The SMILES string of the molecule is CCOc1cc([C@@H](CS(C)(=O)=O)N2C(=O)c3cccc(NC(=O)COC(=O)C(C)(CO[N+](=O)[O-])CO[N+](=O)[O-])c3C2=O)ccc1OC. The summed E-state index contributed by atoms with van der Waals surface area (Å²) in [5.41, 5.74) is -2.42. The molecule has 0 fully saturated rings. The Balaban J connectivity index is 1.87. The molecule has 254 valence electrons. The first kappa shape index (κ1) is 35.9. The molecule has 1 heterocycles. The number of hydrogen-bond acceptors (Lipinski definition) is 15. The van der Waals surface area contributed by atoms with Crippen molar-refractivity contribution in [3.63, 3.8) is 0 Å². The van der Waals surface area contributed by atoms with Crippen LogP contribution < -0.4 is 14.8 Å². The minimum Gasteiger partial charge on any atom is -0.493 e. The van der Waals surface area contributed by atoms with E-state index in [-0.39, 0.29) is 34.7 Å². The molecular weight excluding hydrogens is 652 g/mol. The van der Waals surface area contributed by atoms with Gasteiger partial charge >= 0.3 is 5.97 Å². The molecule has 0 spiro atoms. The van der Waals surface area contributed by atoms with Gasteiger partial charge in [-0.1, -0.05) is 12.1 Å². The van der Waals surface area contributed by atoms with Crippen LogP contribution in [-0.2, 0) is 33.8 Å². The zero-order valence-electron chi connectivity index (χ0n) is 25.5. The van der Waals surface area contributed by atoms with Crippen molar-refractivity contribution in [3.8, 4) is 11.5 Å². The number of fused-ring (bicyclic) bond motifs is 1. The Morgan fingerprint density at radius 2 is 1.66 bits per heavy atom. The number of nitrogens with one attached hydrogen (secondary N) is 1. The van der Waals surface area contributed by atoms with Crippen LogP contribution in [0.4, 0.5) is 5.69 Å². The summed E-state index contributed by atoms with van der Waals surface area (Å²) < 4.78 is 40.7. The average Bonchev–Trinajstić information content (AvgIpc) is 3.26. The van der Waals surface area contributed by atoms with Crippen molar-refractivity contribution in [1.82, 2.24) is 4.90 Å². The normalized spacial score (nSPS) is 13.3. The minimum atomic E-state index is -3.79. The van der Waals surface area contributed by atoms with E-state index in [1.165, 1.54) is 43.5 Å². The van der Waals surface area contributed by atoms with Crippen LogP contribution in [0.3, 0.4) is 0 Å². The zero-order valence-corrected chi connectivity index (χ0v) is 26.3. The van der Waals surface area contributed by atoms with Crippen molar-refractivity contribution >= 4 is 39.2 Å². The highest BCUT2D eigenvalue weighted by molar-refractivity contribution is 7.90. The van der Waals surface area contributed by atoms with Crippen molar-refractivity contribution < 1.29 is 61.7 Å². The number of sulfone groups is 1. The molecule has 1 atom stereocenters. The Morgan fingerprint density at radius 1 is 1.02 bits per heavy atom. The number of amides is 3. The second kappa shape index (κ2) is 14.7. The van der Waals surface area contributed by atoms with Crippen LogP contribution in [0.25, 0.3) is 0 Å². The van der Waals surface area contributed by atoms with Gasteiger partial charge < -0.3 is 29.2 Å². The fourth-order valence-electron chi connectivity index (χ4n) is 4.51. The van der Waals surface area contributed by atoms with E-state index in [0.717, 1.165) is 18.1 Å². The molecule has 1 aliphatic heterocycles. The van der Waals surface area contributed by atoms with Gasteiger partial charge in [-0.2, -0.15) is 0 Å².